The van der Waals surface area contributed by atoms with Crippen LogP contribution in [0, 0.1) is 5.95 Å². The number of anilines is 1. The fourth-order valence-electron chi connectivity index (χ4n) is 3.09. The van der Waals surface area contributed by atoms with Gasteiger partial charge in [0.1, 0.15) is 18.1 Å². The molecular weight excluding hydrogens is 413 g/mol. The molecule has 1 aromatic carbocycles. The first-order valence-corrected chi connectivity index (χ1v) is 9.54. The number of pyridine rings is 1. The van der Waals surface area contributed by atoms with Gasteiger partial charge in [-0.05, 0) is 49.6 Å². The van der Waals surface area contributed by atoms with Crippen LogP contribution in [-0.4, -0.2) is 47.8 Å². The monoisotopic (exact) mass is 438 g/mol. The minimum absolute atomic E-state index is 0.0124. The topological polar surface area (TPSA) is 110 Å². The third-order valence-corrected chi connectivity index (χ3v) is 4.94. The van der Waals surface area contributed by atoms with Crippen LogP contribution in [0.15, 0.2) is 41.5 Å². The third kappa shape index (κ3) is 6.17. The largest absolute Gasteiger partial charge is 0.489 e. The van der Waals surface area contributed by atoms with Crippen LogP contribution < -0.4 is 15.8 Å². The van der Waals surface area contributed by atoms with E-state index in [9.17, 15) is 23.1 Å². The van der Waals surface area contributed by atoms with Crippen LogP contribution >= 0.6 is 0 Å². The molecule has 7 nitrogen and oxygen atoms in total. The van der Waals surface area contributed by atoms with Crippen molar-refractivity contribution in [3.05, 3.63) is 53.6 Å². The maximum absolute atomic E-state index is 13.7. The van der Waals surface area contributed by atoms with E-state index in [4.69, 9.17) is 10.5 Å². The molecule has 10 heteroatoms. The average molecular weight is 438 g/mol. The maximum Gasteiger partial charge on any atom is 0.270 e. The Bertz CT molecular complexity index is 915. The van der Waals surface area contributed by atoms with E-state index >= 15 is 0 Å². The highest BCUT2D eigenvalue weighted by Crippen LogP contribution is 2.31. The van der Waals surface area contributed by atoms with Crippen molar-refractivity contribution in [1.29, 1.82) is 0 Å². The van der Waals surface area contributed by atoms with E-state index in [1.165, 1.54) is 13.2 Å². The lowest BCUT2D eigenvalue weighted by Gasteiger charge is -2.41. The fraction of sp³-hybridized carbons (Fsp3) is 0.381. The molecule has 1 aliphatic rings. The van der Waals surface area contributed by atoms with Crippen molar-refractivity contribution in [3.8, 4) is 5.75 Å². The lowest BCUT2D eigenvalue weighted by Crippen LogP contribution is -2.57. The summed E-state index contributed by atoms with van der Waals surface area (Å²) in [5.41, 5.74) is 6.70. The summed E-state index contributed by atoms with van der Waals surface area (Å²) in [6.07, 6.45) is 3.77. The summed E-state index contributed by atoms with van der Waals surface area (Å²) in [5, 5.41) is 12.4. The Labute approximate surface area is 178 Å². The SMILES string of the molecule is CN=C(C(=O)NC1(CO)CCC1)c1cc(OCc2cccnc2F)ccc1N.FCF. The summed E-state index contributed by atoms with van der Waals surface area (Å²) >= 11 is 0. The van der Waals surface area contributed by atoms with Crippen molar-refractivity contribution in [3.63, 3.8) is 0 Å². The maximum atomic E-state index is 13.7. The Hall–Kier alpha value is -3.14. The number of rotatable bonds is 7. The van der Waals surface area contributed by atoms with Gasteiger partial charge in [0.25, 0.3) is 5.91 Å². The molecule has 168 valence electrons. The van der Waals surface area contributed by atoms with Gasteiger partial charge < -0.3 is 20.9 Å². The van der Waals surface area contributed by atoms with E-state index < -0.39 is 24.3 Å². The van der Waals surface area contributed by atoms with Gasteiger partial charge in [-0.1, -0.05) is 0 Å². The Morgan fingerprint density at radius 2 is 2.06 bits per heavy atom. The molecule has 1 saturated carbocycles. The number of nitrogens with two attached hydrogens (primary N) is 1. The van der Waals surface area contributed by atoms with Gasteiger partial charge in [0.2, 0.25) is 12.9 Å². The molecule has 1 heterocycles. The summed E-state index contributed by atoms with van der Waals surface area (Å²) in [5.74, 6) is -0.580. The number of aliphatic imine (C=N–C) groups is 1. The molecule has 0 bridgehead atoms. The second-order valence-electron chi connectivity index (χ2n) is 6.91. The Morgan fingerprint density at radius 3 is 2.61 bits per heavy atom. The zero-order valence-electron chi connectivity index (χ0n) is 17.1. The van der Waals surface area contributed by atoms with Gasteiger partial charge >= 0.3 is 0 Å². The standard InChI is InChI=1S/C20H23FN4O3.CH2F2/c1-23-17(19(27)25-20(12-26)7-3-8-20)15-10-14(5-6-16(15)22)28-11-13-4-2-9-24-18(13)21;2-1-3/h2,4-6,9-10,26H,3,7-8,11-12,22H2,1H3,(H,25,27);1H2. The second-order valence-corrected chi connectivity index (χ2v) is 6.91. The first kappa shape index (κ1) is 24.1. The van der Waals surface area contributed by atoms with Gasteiger partial charge in [-0.25, -0.2) is 13.8 Å². The third-order valence-electron chi connectivity index (χ3n) is 4.94. The van der Waals surface area contributed by atoms with Gasteiger partial charge in [0.05, 0.1) is 12.1 Å². The molecular formula is C21H25F3N4O3. The number of hydrogen-bond donors (Lipinski definition) is 3. The molecule has 1 aliphatic carbocycles. The fourth-order valence-corrected chi connectivity index (χ4v) is 3.09. The number of halogens is 3. The Kier molecular flexibility index (Phi) is 8.80. The van der Waals surface area contributed by atoms with Crippen LogP contribution in [0.2, 0.25) is 0 Å². The average Bonchev–Trinajstić information content (AvgIpc) is 2.73. The Balaban J connectivity index is 0.00000107. The number of alkyl halides is 2. The van der Waals surface area contributed by atoms with Gasteiger partial charge in [-0.2, -0.15) is 4.39 Å². The molecule has 0 radical (unpaired) electrons. The van der Waals surface area contributed by atoms with Crippen molar-refractivity contribution < 1.29 is 27.8 Å². The summed E-state index contributed by atoms with van der Waals surface area (Å²) < 4.78 is 38.5. The van der Waals surface area contributed by atoms with Crippen LogP contribution in [0.4, 0.5) is 18.9 Å². The number of aliphatic hydroxyl groups is 1. The van der Waals surface area contributed by atoms with E-state index in [0.29, 0.717) is 22.6 Å². The first-order valence-electron chi connectivity index (χ1n) is 9.54. The minimum atomic E-state index is -1.75. The van der Waals surface area contributed by atoms with Crippen molar-refractivity contribution in [2.45, 2.75) is 31.4 Å². The van der Waals surface area contributed by atoms with Crippen molar-refractivity contribution in [1.82, 2.24) is 10.3 Å². The summed E-state index contributed by atoms with van der Waals surface area (Å²) in [7, 11) is 1.50. The molecule has 1 aromatic heterocycles. The number of carbonyl (C=O) groups is 1. The highest BCUT2D eigenvalue weighted by atomic mass is 19.3. The minimum Gasteiger partial charge on any atom is -0.489 e. The highest BCUT2D eigenvalue weighted by Gasteiger charge is 2.38. The number of amides is 1. The number of aromatic nitrogens is 1. The number of nitrogens with zero attached hydrogens (tertiary/aromatic N) is 2. The van der Waals surface area contributed by atoms with Gasteiger partial charge in [-0.3, -0.25) is 9.79 Å². The number of hydrogen-bond acceptors (Lipinski definition) is 6. The number of nitrogens with one attached hydrogen (secondary N) is 1. The van der Waals surface area contributed by atoms with Crippen molar-refractivity contribution in [2.75, 3.05) is 26.3 Å². The second kappa shape index (κ2) is 11.3. The molecule has 1 amide bonds. The normalized spacial score (nSPS) is 14.7. The highest BCUT2D eigenvalue weighted by molar-refractivity contribution is 6.46. The zero-order chi connectivity index (χ0) is 22.9. The zero-order valence-corrected chi connectivity index (χ0v) is 17.1. The summed E-state index contributed by atoms with van der Waals surface area (Å²) in [6.45, 7) is -1.88. The van der Waals surface area contributed by atoms with Crippen LogP contribution in [0.3, 0.4) is 0 Å². The molecule has 0 atom stereocenters. The van der Waals surface area contributed by atoms with Crippen LogP contribution in [-0.2, 0) is 11.4 Å². The lowest BCUT2D eigenvalue weighted by atomic mass is 9.77. The number of carbonyl (C=O) groups excluding carboxylic acids is 1. The molecule has 3 rings (SSSR count). The van der Waals surface area contributed by atoms with E-state index in [1.807, 2.05) is 0 Å². The Morgan fingerprint density at radius 1 is 1.35 bits per heavy atom. The summed E-state index contributed by atoms with van der Waals surface area (Å²) in [4.78, 5) is 20.4. The molecule has 31 heavy (non-hydrogen) atoms. The molecule has 1 fully saturated rings. The van der Waals surface area contributed by atoms with Gasteiger partial charge in [0, 0.05) is 30.1 Å². The van der Waals surface area contributed by atoms with E-state index in [-0.39, 0.29) is 18.9 Å². The predicted octanol–water partition coefficient (Wildman–Crippen LogP) is 2.71. The quantitative estimate of drug-likeness (QED) is 0.350. The number of aliphatic hydroxyl groups excluding tert-OH is 1. The molecule has 0 spiro atoms. The van der Waals surface area contributed by atoms with Gasteiger partial charge in [-0.15, -0.1) is 0 Å². The number of ether oxygens (including phenoxy) is 1. The first-order chi connectivity index (χ1) is 14.9. The molecule has 0 unspecified atom stereocenters. The molecule has 2 aromatic rings. The molecule has 4 N–H and O–H groups in total. The molecule has 0 saturated heterocycles. The summed E-state index contributed by atoms with van der Waals surface area (Å²) in [6, 6.07) is 8.05. The van der Waals surface area contributed by atoms with Crippen LogP contribution in [0.25, 0.3) is 0 Å². The van der Waals surface area contributed by atoms with E-state index in [0.717, 1.165) is 19.3 Å². The number of benzene rings is 1. The van der Waals surface area contributed by atoms with Crippen LogP contribution in [0.1, 0.15) is 30.4 Å². The van der Waals surface area contributed by atoms with Crippen LogP contribution in [0.5, 0.6) is 5.75 Å². The van der Waals surface area contributed by atoms with E-state index in [2.05, 4.69) is 15.3 Å². The molecule has 0 aliphatic heterocycles. The lowest BCUT2D eigenvalue weighted by molar-refractivity contribution is -0.118. The smallest absolute Gasteiger partial charge is 0.270 e. The number of nitrogen functional groups attached to an aromatic ring is 1. The van der Waals surface area contributed by atoms with Gasteiger partial charge in [0.15, 0.2) is 0 Å². The van der Waals surface area contributed by atoms with Crippen molar-refractivity contribution in [2.24, 2.45) is 4.99 Å². The predicted molar refractivity (Wildman–Crippen MR) is 111 cm³/mol. The van der Waals surface area contributed by atoms with E-state index in [1.54, 1.807) is 30.3 Å². The van der Waals surface area contributed by atoms with Crippen molar-refractivity contribution >= 4 is 17.3 Å².